The Labute approximate surface area is 172 Å². The van der Waals surface area contributed by atoms with Crippen molar-refractivity contribution < 1.29 is 22.7 Å². The highest BCUT2D eigenvalue weighted by Crippen LogP contribution is 2.37. The summed E-state index contributed by atoms with van der Waals surface area (Å²) in [5.74, 6) is -0.210. The molecule has 29 heavy (non-hydrogen) atoms. The van der Waals surface area contributed by atoms with Gasteiger partial charge in [-0.25, -0.2) is 0 Å². The monoisotopic (exact) mass is 440 g/mol. The Morgan fingerprint density at radius 3 is 2.52 bits per heavy atom. The zero-order chi connectivity index (χ0) is 21.0. The molecular weight excluding hydrogens is 425 g/mol. The Morgan fingerprint density at radius 2 is 1.93 bits per heavy atom. The molecule has 0 bridgehead atoms. The number of aromatic nitrogens is 2. The van der Waals surface area contributed by atoms with Crippen LogP contribution >= 0.6 is 23.1 Å². The van der Waals surface area contributed by atoms with Gasteiger partial charge in [0.25, 0.3) is 5.91 Å². The number of amides is 1. The van der Waals surface area contributed by atoms with Crippen LogP contribution < -0.4 is 15.8 Å². The van der Waals surface area contributed by atoms with Gasteiger partial charge in [0.1, 0.15) is 5.75 Å². The number of nitrogen functional groups attached to an aromatic ring is 1. The molecule has 3 N–H and O–H groups in total. The SMILES string of the molecule is COc1ccc(NC(=O)c2ccc(CSc3nnc(N)s3)cc2)cc1C(F)(F)F. The van der Waals surface area contributed by atoms with Gasteiger partial charge in [-0.15, -0.1) is 10.2 Å². The predicted octanol–water partition coefficient (Wildman–Crippen LogP) is 4.69. The van der Waals surface area contributed by atoms with E-state index in [9.17, 15) is 18.0 Å². The van der Waals surface area contributed by atoms with Crippen LogP contribution in [-0.2, 0) is 11.9 Å². The van der Waals surface area contributed by atoms with E-state index in [1.165, 1.54) is 35.2 Å². The Kier molecular flexibility index (Phi) is 6.28. The summed E-state index contributed by atoms with van der Waals surface area (Å²) in [5.41, 5.74) is 5.87. The smallest absolute Gasteiger partial charge is 0.420 e. The first-order valence-corrected chi connectivity index (χ1v) is 9.94. The normalized spacial score (nSPS) is 11.3. The summed E-state index contributed by atoms with van der Waals surface area (Å²) in [6.45, 7) is 0. The fourth-order valence-electron chi connectivity index (χ4n) is 2.39. The fraction of sp³-hybridized carbons (Fsp3) is 0.167. The van der Waals surface area contributed by atoms with Crippen LogP contribution in [0.15, 0.2) is 46.8 Å². The highest BCUT2D eigenvalue weighted by Gasteiger charge is 2.34. The number of methoxy groups -OCH3 is 1. The molecule has 6 nitrogen and oxygen atoms in total. The molecule has 0 saturated carbocycles. The number of carbonyl (C=O) groups excluding carboxylic acids is 1. The number of halogens is 3. The molecule has 3 aromatic rings. The molecule has 1 aromatic heterocycles. The van der Waals surface area contributed by atoms with Crippen molar-refractivity contribution in [2.24, 2.45) is 0 Å². The molecule has 0 atom stereocenters. The van der Waals surface area contributed by atoms with Crippen molar-refractivity contribution in [3.05, 3.63) is 59.2 Å². The Balaban J connectivity index is 1.66. The first-order chi connectivity index (χ1) is 13.8. The van der Waals surface area contributed by atoms with Gasteiger partial charge < -0.3 is 15.8 Å². The molecule has 0 radical (unpaired) electrons. The number of alkyl halides is 3. The quantitative estimate of drug-likeness (QED) is 0.541. The van der Waals surface area contributed by atoms with Gasteiger partial charge in [0.15, 0.2) is 4.34 Å². The van der Waals surface area contributed by atoms with Crippen LogP contribution in [0.5, 0.6) is 5.75 Å². The van der Waals surface area contributed by atoms with E-state index < -0.39 is 17.6 Å². The van der Waals surface area contributed by atoms with Gasteiger partial charge in [-0.2, -0.15) is 13.2 Å². The molecule has 2 aromatic carbocycles. The number of benzene rings is 2. The van der Waals surface area contributed by atoms with Crippen molar-refractivity contribution in [1.29, 1.82) is 0 Å². The van der Waals surface area contributed by atoms with Gasteiger partial charge in [-0.1, -0.05) is 35.2 Å². The van der Waals surface area contributed by atoms with Gasteiger partial charge in [0.05, 0.1) is 12.7 Å². The summed E-state index contributed by atoms with van der Waals surface area (Å²) in [7, 11) is 1.16. The van der Waals surface area contributed by atoms with E-state index in [1.54, 1.807) is 24.3 Å². The van der Waals surface area contributed by atoms with Crippen LogP contribution in [0.1, 0.15) is 21.5 Å². The molecule has 1 amide bonds. The fourth-order valence-corrected chi connectivity index (χ4v) is 3.98. The van der Waals surface area contributed by atoms with E-state index >= 15 is 0 Å². The molecular formula is C18H15F3N4O2S2. The number of hydrogen-bond donors (Lipinski definition) is 2. The summed E-state index contributed by atoms with van der Waals surface area (Å²) in [5, 5.41) is 10.5. The third kappa shape index (κ3) is 5.39. The highest BCUT2D eigenvalue weighted by atomic mass is 32.2. The average Bonchev–Trinajstić information content (AvgIpc) is 3.11. The molecule has 0 unspecified atom stereocenters. The highest BCUT2D eigenvalue weighted by molar-refractivity contribution is 8.00. The number of anilines is 2. The topological polar surface area (TPSA) is 90.1 Å². The molecule has 0 saturated heterocycles. The van der Waals surface area contributed by atoms with Crippen LogP contribution in [0.25, 0.3) is 0 Å². The second kappa shape index (κ2) is 8.70. The number of thioether (sulfide) groups is 1. The molecule has 0 aliphatic carbocycles. The number of rotatable bonds is 6. The standard InChI is InChI=1S/C18H15F3N4O2S2/c1-27-14-7-6-12(8-13(14)18(19,20)21)23-15(26)11-4-2-10(3-5-11)9-28-17-25-24-16(22)29-17/h2-8H,9H2,1H3,(H2,22,24)(H,23,26). The summed E-state index contributed by atoms with van der Waals surface area (Å²) < 4.78 is 44.8. The molecule has 11 heteroatoms. The maximum Gasteiger partial charge on any atom is 0.420 e. The molecule has 0 aliphatic rings. The van der Waals surface area contributed by atoms with E-state index in [0.29, 0.717) is 16.4 Å². The van der Waals surface area contributed by atoms with E-state index in [0.717, 1.165) is 23.1 Å². The van der Waals surface area contributed by atoms with E-state index in [4.69, 9.17) is 10.5 Å². The van der Waals surface area contributed by atoms with Crippen molar-refractivity contribution in [2.75, 3.05) is 18.2 Å². The maximum absolute atomic E-state index is 13.1. The zero-order valence-corrected chi connectivity index (χ0v) is 16.6. The summed E-state index contributed by atoms with van der Waals surface area (Å²) >= 11 is 2.75. The third-order valence-corrected chi connectivity index (χ3v) is 5.72. The average molecular weight is 440 g/mol. The number of nitrogens with two attached hydrogens (primary N) is 1. The Hall–Kier alpha value is -2.79. The van der Waals surface area contributed by atoms with Crippen molar-refractivity contribution in [2.45, 2.75) is 16.3 Å². The third-order valence-electron chi connectivity index (χ3n) is 3.76. The van der Waals surface area contributed by atoms with Crippen molar-refractivity contribution in [3.63, 3.8) is 0 Å². The second-order valence-electron chi connectivity index (χ2n) is 5.76. The molecule has 0 fully saturated rings. The van der Waals surface area contributed by atoms with Gasteiger partial charge >= 0.3 is 6.18 Å². The number of hydrogen-bond acceptors (Lipinski definition) is 7. The molecule has 3 rings (SSSR count). The lowest BCUT2D eigenvalue weighted by Gasteiger charge is -2.14. The molecule has 0 spiro atoms. The minimum Gasteiger partial charge on any atom is -0.496 e. The summed E-state index contributed by atoms with van der Waals surface area (Å²) in [6.07, 6.45) is -4.59. The first-order valence-electron chi connectivity index (χ1n) is 8.13. The largest absolute Gasteiger partial charge is 0.496 e. The van der Waals surface area contributed by atoms with Crippen LogP contribution in [0.2, 0.25) is 0 Å². The Bertz CT molecular complexity index is 1010. The van der Waals surface area contributed by atoms with Crippen molar-refractivity contribution in [1.82, 2.24) is 10.2 Å². The van der Waals surface area contributed by atoms with Crippen LogP contribution in [0, 0.1) is 0 Å². The predicted molar refractivity (Wildman–Crippen MR) is 106 cm³/mol. The van der Waals surface area contributed by atoms with Crippen molar-refractivity contribution >= 4 is 39.8 Å². The van der Waals surface area contributed by atoms with Crippen molar-refractivity contribution in [3.8, 4) is 5.75 Å². The number of ether oxygens (including phenoxy) is 1. The van der Waals surface area contributed by atoms with E-state index in [2.05, 4.69) is 15.5 Å². The van der Waals surface area contributed by atoms with E-state index in [1.807, 2.05) is 0 Å². The second-order valence-corrected chi connectivity index (χ2v) is 7.99. The van der Waals surface area contributed by atoms with E-state index in [-0.39, 0.29) is 11.4 Å². The Morgan fingerprint density at radius 1 is 1.21 bits per heavy atom. The number of carbonyl (C=O) groups is 1. The van der Waals surface area contributed by atoms with Crippen LogP contribution in [0.3, 0.4) is 0 Å². The lowest BCUT2D eigenvalue weighted by Crippen LogP contribution is -2.14. The molecule has 152 valence electrons. The van der Waals surface area contributed by atoms with Crippen LogP contribution in [0.4, 0.5) is 24.0 Å². The number of nitrogens with zero attached hydrogens (tertiary/aromatic N) is 2. The summed E-state index contributed by atoms with van der Waals surface area (Å²) in [6, 6.07) is 10.1. The summed E-state index contributed by atoms with van der Waals surface area (Å²) in [4.78, 5) is 12.4. The van der Waals surface area contributed by atoms with Gasteiger partial charge in [-0.05, 0) is 35.9 Å². The van der Waals surface area contributed by atoms with Gasteiger partial charge in [-0.3, -0.25) is 4.79 Å². The van der Waals surface area contributed by atoms with Crippen LogP contribution in [-0.4, -0.2) is 23.2 Å². The zero-order valence-electron chi connectivity index (χ0n) is 15.0. The lowest BCUT2D eigenvalue weighted by atomic mass is 10.1. The minimum atomic E-state index is -4.59. The lowest BCUT2D eigenvalue weighted by molar-refractivity contribution is -0.138. The van der Waals surface area contributed by atoms with Gasteiger partial charge in [0.2, 0.25) is 5.13 Å². The number of nitrogens with one attached hydrogen (secondary N) is 1. The molecule has 1 heterocycles. The molecule has 0 aliphatic heterocycles. The maximum atomic E-state index is 13.1. The van der Waals surface area contributed by atoms with Gasteiger partial charge in [0, 0.05) is 17.0 Å². The first kappa shape index (κ1) is 20.9. The minimum absolute atomic E-state index is 0.0246.